The van der Waals surface area contributed by atoms with E-state index in [2.05, 4.69) is 4.90 Å². The molecule has 1 heterocycles. The van der Waals surface area contributed by atoms with E-state index in [1.807, 2.05) is 31.3 Å². The van der Waals surface area contributed by atoms with Crippen molar-refractivity contribution in [3.05, 3.63) is 29.8 Å². The van der Waals surface area contributed by atoms with Gasteiger partial charge in [0.15, 0.2) is 0 Å². The molecule has 5 nitrogen and oxygen atoms in total. The van der Waals surface area contributed by atoms with E-state index in [-0.39, 0.29) is 12.5 Å². The summed E-state index contributed by atoms with van der Waals surface area (Å²) in [6.45, 7) is 2.97. The van der Waals surface area contributed by atoms with E-state index in [4.69, 9.17) is 4.74 Å². The summed E-state index contributed by atoms with van der Waals surface area (Å²) >= 11 is 0. The van der Waals surface area contributed by atoms with E-state index < -0.39 is 0 Å². The number of amides is 1. The zero-order valence-corrected chi connectivity index (χ0v) is 13.5. The highest BCUT2D eigenvalue weighted by atomic mass is 16.5. The molecule has 22 heavy (non-hydrogen) atoms. The molecule has 0 radical (unpaired) electrons. The molecule has 122 valence electrons. The monoisotopic (exact) mass is 306 g/mol. The van der Waals surface area contributed by atoms with Gasteiger partial charge in [0.1, 0.15) is 5.75 Å². The summed E-state index contributed by atoms with van der Waals surface area (Å²) in [5.74, 6) is 1.23. The molecular weight excluding hydrogens is 280 g/mol. The van der Waals surface area contributed by atoms with Gasteiger partial charge < -0.3 is 14.7 Å². The normalized spacial score (nSPS) is 19.0. The van der Waals surface area contributed by atoms with Gasteiger partial charge in [-0.25, -0.2) is 0 Å². The van der Waals surface area contributed by atoms with E-state index >= 15 is 0 Å². The zero-order valence-electron chi connectivity index (χ0n) is 13.5. The fourth-order valence-electron chi connectivity index (χ4n) is 2.89. The summed E-state index contributed by atoms with van der Waals surface area (Å²) in [5.41, 5.74) is 1.06. The Morgan fingerprint density at radius 2 is 2.32 bits per heavy atom. The number of methoxy groups -OCH3 is 1. The number of carbonyl (C=O) groups excluding carboxylic acids is 1. The fraction of sp³-hybridized carbons (Fsp3) is 0.588. The van der Waals surface area contributed by atoms with Crippen LogP contribution in [0, 0.1) is 5.92 Å². The van der Waals surface area contributed by atoms with Crippen LogP contribution in [-0.2, 0) is 11.3 Å². The molecule has 2 rings (SSSR count). The SMILES string of the molecule is COc1cccc(CN(C)C(=O)CN2CCCC(CO)C2)c1. The minimum Gasteiger partial charge on any atom is -0.497 e. The van der Waals surface area contributed by atoms with Crippen LogP contribution in [0.25, 0.3) is 0 Å². The predicted molar refractivity (Wildman–Crippen MR) is 85.7 cm³/mol. The van der Waals surface area contributed by atoms with Gasteiger partial charge in [-0.3, -0.25) is 9.69 Å². The molecule has 1 N–H and O–H groups in total. The van der Waals surface area contributed by atoms with Crippen LogP contribution in [0.1, 0.15) is 18.4 Å². The summed E-state index contributed by atoms with van der Waals surface area (Å²) in [4.78, 5) is 16.3. The van der Waals surface area contributed by atoms with Gasteiger partial charge in [-0.2, -0.15) is 0 Å². The Bertz CT molecular complexity index is 493. The number of rotatable bonds is 6. The van der Waals surface area contributed by atoms with Crippen LogP contribution in [0.15, 0.2) is 24.3 Å². The first kappa shape index (κ1) is 16.8. The molecule has 1 aliphatic rings. The van der Waals surface area contributed by atoms with Crippen molar-refractivity contribution in [3.63, 3.8) is 0 Å². The highest BCUT2D eigenvalue weighted by molar-refractivity contribution is 5.78. The number of carbonyl (C=O) groups is 1. The molecule has 1 saturated heterocycles. The second-order valence-electron chi connectivity index (χ2n) is 6.03. The summed E-state index contributed by atoms with van der Waals surface area (Å²) in [7, 11) is 3.47. The smallest absolute Gasteiger partial charge is 0.236 e. The van der Waals surface area contributed by atoms with E-state index in [1.165, 1.54) is 0 Å². The Labute approximate surface area is 132 Å². The molecule has 0 bridgehead atoms. The first-order valence-electron chi connectivity index (χ1n) is 7.82. The average molecular weight is 306 g/mol. The second kappa shape index (κ2) is 8.15. The number of benzene rings is 1. The lowest BCUT2D eigenvalue weighted by atomic mass is 9.99. The molecule has 5 heteroatoms. The summed E-state index contributed by atoms with van der Waals surface area (Å²) in [6.07, 6.45) is 2.11. The van der Waals surface area contributed by atoms with Crippen molar-refractivity contribution < 1.29 is 14.6 Å². The summed E-state index contributed by atoms with van der Waals surface area (Å²) in [5, 5.41) is 9.26. The largest absolute Gasteiger partial charge is 0.497 e. The molecule has 1 fully saturated rings. The van der Waals surface area contributed by atoms with Crippen molar-refractivity contribution in [2.24, 2.45) is 5.92 Å². The van der Waals surface area contributed by atoms with Crippen LogP contribution in [0.5, 0.6) is 5.75 Å². The summed E-state index contributed by atoms with van der Waals surface area (Å²) in [6, 6.07) is 7.78. The predicted octanol–water partition coefficient (Wildman–Crippen LogP) is 1.36. The van der Waals surface area contributed by atoms with Crippen LogP contribution in [-0.4, -0.2) is 61.2 Å². The van der Waals surface area contributed by atoms with Crippen LogP contribution in [0.4, 0.5) is 0 Å². The van der Waals surface area contributed by atoms with Crippen molar-refractivity contribution >= 4 is 5.91 Å². The third-order valence-electron chi connectivity index (χ3n) is 4.20. The van der Waals surface area contributed by atoms with E-state index in [1.54, 1.807) is 12.0 Å². The number of piperidine rings is 1. The highest BCUT2D eigenvalue weighted by Gasteiger charge is 2.22. The van der Waals surface area contributed by atoms with Gasteiger partial charge >= 0.3 is 0 Å². The van der Waals surface area contributed by atoms with Gasteiger partial charge in [0, 0.05) is 26.7 Å². The van der Waals surface area contributed by atoms with Crippen LogP contribution in [0.2, 0.25) is 0 Å². The number of aliphatic hydroxyl groups excluding tert-OH is 1. The van der Waals surface area contributed by atoms with Gasteiger partial charge in [-0.15, -0.1) is 0 Å². The Morgan fingerprint density at radius 3 is 3.05 bits per heavy atom. The molecule has 1 atom stereocenters. The number of hydrogen-bond acceptors (Lipinski definition) is 4. The Hall–Kier alpha value is -1.59. The first-order chi connectivity index (χ1) is 10.6. The minimum atomic E-state index is 0.112. The van der Waals surface area contributed by atoms with Crippen molar-refractivity contribution in [1.29, 1.82) is 0 Å². The first-order valence-corrected chi connectivity index (χ1v) is 7.82. The van der Waals surface area contributed by atoms with Gasteiger partial charge in [-0.1, -0.05) is 12.1 Å². The van der Waals surface area contributed by atoms with Gasteiger partial charge in [-0.05, 0) is 43.0 Å². The number of nitrogens with zero attached hydrogens (tertiary/aromatic N) is 2. The Morgan fingerprint density at radius 1 is 1.50 bits per heavy atom. The topological polar surface area (TPSA) is 53.0 Å². The molecule has 0 aliphatic carbocycles. The lowest BCUT2D eigenvalue weighted by molar-refractivity contribution is -0.132. The minimum absolute atomic E-state index is 0.112. The molecule has 1 amide bonds. The standard InChI is InChI=1S/C17H26N2O3/c1-18(10-14-5-3-7-16(9-14)22-2)17(21)12-19-8-4-6-15(11-19)13-20/h3,5,7,9,15,20H,4,6,8,10-13H2,1-2H3. The van der Waals surface area contributed by atoms with Crippen LogP contribution in [0.3, 0.4) is 0 Å². The molecular formula is C17H26N2O3. The molecule has 0 saturated carbocycles. The maximum absolute atomic E-state index is 12.4. The molecule has 1 aliphatic heterocycles. The summed E-state index contributed by atoms with van der Waals surface area (Å²) < 4.78 is 5.21. The lowest BCUT2D eigenvalue weighted by Gasteiger charge is -2.32. The third kappa shape index (κ3) is 4.71. The number of aliphatic hydroxyl groups is 1. The lowest BCUT2D eigenvalue weighted by Crippen LogP contribution is -2.43. The molecule has 0 aromatic heterocycles. The number of likely N-dealkylation sites (N-methyl/N-ethyl adjacent to an activating group) is 1. The maximum Gasteiger partial charge on any atom is 0.236 e. The second-order valence-corrected chi connectivity index (χ2v) is 6.03. The van der Waals surface area contributed by atoms with E-state index in [0.29, 0.717) is 19.0 Å². The van der Waals surface area contributed by atoms with Gasteiger partial charge in [0.25, 0.3) is 0 Å². The van der Waals surface area contributed by atoms with Crippen molar-refractivity contribution in [2.75, 3.05) is 40.4 Å². The maximum atomic E-state index is 12.4. The number of hydrogen-bond donors (Lipinski definition) is 1. The highest BCUT2D eigenvalue weighted by Crippen LogP contribution is 2.16. The average Bonchev–Trinajstić information content (AvgIpc) is 2.55. The molecule has 1 aromatic carbocycles. The van der Waals surface area contributed by atoms with Crippen LogP contribution < -0.4 is 4.74 Å². The third-order valence-corrected chi connectivity index (χ3v) is 4.20. The quantitative estimate of drug-likeness (QED) is 0.862. The molecule has 0 spiro atoms. The Kier molecular flexibility index (Phi) is 6.21. The van der Waals surface area contributed by atoms with Crippen molar-refractivity contribution in [1.82, 2.24) is 9.80 Å². The van der Waals surface area contributed by atoms with Crippen LogP contribution >= 0.6 is 0 Å². The zero-order chi connectivity index (χ0) is 15.9. The van der Waals surface area contributed by atoms with E-state index in [9.17, 15) is 9.90 Å². The number of likely N-dealkylation sites (tertiary alicyclic amines) is 1. The van der Waals surface area contributed by atoms with Crippen molar-refractivity contribution in [3.8, 4) is 5.75 Å². The Balaban J connectivity index is 1.86. The fourth-order valence-corrected chi connectivity index (χ4v) is 2.89. The van der Waals surface area contributed by atoms with Gasteiger partial charge in [0.05, 0.1) is 13.7 Å². The van der Waals surface area contributed by atoms with Crippen molar-refractivity contribution in [2.45, 2.75) is 19.4 Å². The molecule has 1 unspecified atom stereocenters. The molecule has 1 aromatic rings. The van der Waals surface area contributed by atoms with Gasteiger partial charge in [0.2, 0.25) is 5.91 Å². The van der Waals surface area contributed by atoms with E-state index in [0.717, 1.165) is 37.2 Å². The number of ether oxygens (including phenoxy) is 1.